The van der Waals surface area contributed by atoms with Gasteiger partial charge in [0.25, 0.3) is 0 Å². The van der Waals surface area contributed by atoms with E-state index < -0.39 is 17.8 Å². The fourth-order valence-electron chi connectivity index (χ4n) is 5.23. The number of nitrogens with one attached hydrogen (secondary N) is 3. The Morgan fingerprint density at radius 1 is 0.921 bits per heavy atom. The summed E-state index contributed by atoms with van der Waals surface area (Å²) < 4.78 is 14.2. The molecule has 0 radical (unpaired) electrons. The molecule has 2 amide bonds. The monoisotopic (exact) mass is 537 g/mol. The summed E-state index contributed by atoms with van der Waals surface area (Å²) in [5.74, 6) is -0.779. The number of carbonyl (C=O) groups is 2. The average molecular weight is 538 g/mol. The zero-order chi connectivity index (χ0) is 27.2. The zero-order valence-corrected chi connectivity index (χ0v) is 22.3. The molecule has 1 aliphatic carbocycles. The van der Waals surface area contributed by atoms with Crippen LogP contribution >= 0.6 is 11.6 Å². The number of carboxylic acid groups (broad SMARTS) is 1. The van der Waals surface area contributed by atoms with E-state index in [-0.39, 0.29) is 17.3 Å². The van der Waals surface area contributed by atoms with E-state index in [1.165, 1.54) is 37.5 Å². The second kappa shape index (κ2) is 12.3. The van der Waals surface area contributed by atoms with Crippen molar-refractivity contribution in [3.05, 3.63) is 77.1 Å². The van der Waals surface area contributed by atoms with E-state index in [4.69, 9.17) is 11.6 Å². The number of benzene rings is 3. The van der Waals surface area contributed by atoms with Crippen molar-refractivity contribution in [3.8, 4) is 11.1 Å². The van der Waals surface area contributed by atoms with Crippen molar-refractivity contribution in [1.82, 2.24) is 0 Å². The minimum atomic E-state index is -1.10. The maximum atomic E-state index is 14.2. The molecule has 0 saturated heterocycles. The summed E-state index contributed by atoms with van der Waals surface area (Å²) in [4.78, 5) is 24.9. The number of rotatable bonds is 8. The van der Waals surface area contributed by atoms with Crippen LogP contribution in [0.4, 0.5) is 26.2 Å². The predicted molar refractivity (Wildman–Crippen MR) is 152 cm³/mol. The number of para-hydroxylation sites is 1. The third-order valence-electron chi connectivity index (χ3n) is 7.11. The van der Waals surface area contributed by atoms with Crippen LogP contribution in [0.1, 0.15) is 56.3 Å². The Morgan fingerprint density at radius 3 is 2.32 bits per heavy atom. The average Bonchev–Trinajstić information content (AvgIpc) is 2.89. The Balaban J connectivity index is 1.70. The Kier molecular flexibility index (Phi) is 8.89. The van der Waals surface area contributed by atoms with Gasteiger partial charge >= 0.3 is 12.0 Å². The van der Waals surface area contributed by atoms with Crippen molar-refractivity contribution in [2.75, 3.05) is 16.0 Å². The summed E-state index contributed by atoms with van der Waals surface area (Å²) in [6.45, 7) is 4.37. The normalized spacial score (nSPS) is 14.7. The molecule has 6 nitrogen and oxygen atoms in total. The number of amides is 2. The van der Waals surface area contributed by atoms with Gasteiger partial charge in [-0.05, 0) is 72.2 Å². The summed E-state index contributed by atoms with van der Waals surface area (Å²) >= 11 is 6.05. The highest BCUT2D eigenvalue weighted by atomic mass is 35.5. The van der Waals surface area contributed by atoms with E-state index in [2.05, 4.69) is 29.8 Å². The Bertz CT molecular complexity index is 1310. The van der Waals surface area contributed by atoms with Gasteiger partial charge in [0, 0.05) is 11.1 Å². The third kappa shape index (κ3) is 6.64. The van der Waals surface area contributed by atoms with Crippen LogP contribution in [0.2, 0.25) is 5.02 Å². The van der Waals surface area contributed by atoms with Crippen LogP contribution in [-0.4, -0.2) is 23.1 Å². The third-order valence-corrected chi connectivity index (χ3v) is 7.35. The van der Waals surface area contributed by atoms with Crippen LogP contribution < -0.4 is 16.0 Å². The molecule has 4 rings (SSSR count). The molecule has 0 aromatic heterocycles. The largest absolute Gasteiger partial charge is 0.478 e. The van der Waals surface area contributed by atoms with Crippen molar-refractivity contribution < 1.29 is 19.1 Å². The van der Waals surface area contributed by atoms with Gasteiger partial charge in [0.2, 0.25) is 0 Å². The van der Waals surface area contributed by atoms with Crippen LogP contribution in [0, 0.1) is 17.7 Å². The van der Waals surface area contributed by atoms with E-state index in [0.717, 1.165) is 12.8 Å². The molecule has 0 aliphatic heterocycles. The van der Waals surface area contributed by atoms with Crippen molar-refractivity contribution >= 4 is 40.7 Å². The van der Waals surface area contributed by atoms with Crippen LogP contribution in [0.5, 0.6) is 0 Å². The maximum Gasteiger partial charge on any atom is 0.336 e. The topological polar surface area (TPSA) is 90.5 Å². The number of anilines is 3. The van der Waals surface area contributed by atoms with Crippen molar-refractivity contribution in [1.29, 1.82) is 0 Å². The van der Waals surface area contributed by atoms with Gasteiger partial charge in [0.05, 0.1) is 22.6 Å². The van der Waals surface area contributed by atoms with Gasteiger partial charge in [-0.2, -0.15) is 0 Å². The molecule has 1 fully saturated rings. The lowest BCUT2D eigenvalue weighted by Crippen LogP contribution is -2.35. The van der Waals surface area contributed by atoms with Crippen molar-refractivity contribution in [2.24, 2.45) is 11.8 Å². The molecule has 0 heterocycles. The molecule has 200 valence electrons. The number of hydrogen-bond acceptors (Lipinski definition) is 3. The molecule has 4 N–H and O–H groups in total. The van der Waals surface area contributed by atoms with E-state index in [1.807, 2.05) is 12.1 Å². The summed E-state index contributed by atoms with van der Waals surface area (Å²) in [6, 6.07) is 15.6. The van der Waals surface area contributed by atoms with Crippen LogP contribution in [0.3, 0.4) is 0 Å². The first-order valence-electron chi connectivity index (χ1n) is 13.0. The number of aromatic carboxylic acids is 1. The number of carboxylic acids is 1. The molecular weight excluding hydrogens is 505 g/mol. The summed E-state index contributed by atoms with van der Waals surface area (Å²) in [6.07, 6.45) is 5.97. The predicted octanol–water partition coefficient (Wildman–Crippen LogP) is 8.51. The first-order chi connectivity index (χ1) is 18.2. The fraction of sp³-hybridized carbons (Fsp3) is 0.333. The Morgan fingerprint density at radius 2 is 1.63 bits per heavy atom. The van der Waals surface area contributed by atoms with Crippen LogP contribution in [0.25, 0.3) is 11.1 Å². The van der Waals surface area contributed by atoms with Gasteiger partial charge in [-0.1, -0.05) is 69.0 Å². The summed E-state index contributed by atoms with van der Waals surface area (Å²) in [5.41, 5.74) is 2.37. The van der Waals surface area contributed by atoms with E-state index >= 15 is 0 Å². The van der Waals surface area contributed by atoms with Crippen molar-refractivity contribution in [3.63, 3.8) is 0 Å². The highest BCUT2D eigenvalue weighted by Gasteiger charge is 2.27. The summed E-state index contributed by atoms with van der Waals surface area (Å²) in [7, 11) is 0. The molecule has 1 atom stereocenters. The lowest BCUT2D eigenvalue weighted by molar-refractivity contribution is 0.0697. The minimum Gasteiger partial charge on any atom is -0.478 e. The molecule has 8 heteroatoms. The van der Waals surface area contributed by atoms with E-state index in [1.54, 1.807) is 30.3 Å². The molecular formula is C30H33ClFN3O3. The molecule has 1 saturated carbocycles. The molecule has 38 heavy (non-hydrogen) atoms. The highest BCUT2D eigenvalue weighted by molar-refractivity contribution is 6.31. The zero-order valence-electron chi connectivity index (χ0n) is 21.6. The van der Waals surface area contributed by atoms with Gasteiger partial charge in [0.1, 0.15) is 5.82 Å². The highest BCUT2D eigenvalue weighted by Crippen LogP contribution is 2.36. The summed E-state index contributed by atoms with van der Waals surface area (Å²) in [5, 5.41) is 19.1. The van der Waals surface area contributed by atoms with Crippen LogP contribution in [0.15, 0.2) is 60.7 Å². The first kappa shape index (κ1) is 27.5. The fourth-order valence-corrected chi connectivity index (χ4v) is 5.40. The number of hydrogen-bond donors (Lipinski definition) is 4. The molecule has 1 aliphatic rings. The Hall–Kier alpha value is -3.58. The number of halogens is 2. The van der Waals surface area contributed by atoms with E-state index in [9.17, 15) is 19.1 Å². The Labute approximate surface area is 227 Å². The number of carbonyl (C=O) groups excluding carboxylic acids is 1. The molecule has 1 unspecified atom stereocenters. The first-order valence-corrected chi connectivity index (χ1v) is 13.4. The molecule has 0 bridgehead atoms. The molecule has 0 spiro atoms. The van der Waals surface area contributed by atoms with Crippen molar-refractivity contribution in [2.45, 2.75) is 52.0 Å². The van der Waals surface area contributed by atoms with Gasteiger partial charge in [-0.3, -0.25) is 0 Å². The lowest BCUT2D eigenvalue weighted by Gasteiger charge is -2.35. The maximum absolute atomic E-state index is 14.2. The minimum absolute atomic E-state index is 0.0576. The lowest BCUT2D eigenvalue weighted by atomic mass is 9.79. The standard InChI is InChI=1S/C30H33ClFN3O3/c1-18(2)28(19-8-4-3-5-9-19)33-26-15-12-20(22-14-13-21(31)17-23(22)29(36)37)16-27(26)35-30(38)34-25-11-7-6-10-24(25)32/h6-7,10-19,28,33H,3-5,8-9H2,1-2H3,(H,36,37)(H2,34,35,38). The second-order valence-corrected chi connectivity index (χ2v) is 10.6. The number of urea groups is 1. The molecule has 3 aromatic carbocycles. The van der Waals surface area contributed by atoms with Gasteiger partial charge < -0.3 is 21.1 Å². The van der Waals surface area contributed by atoms with Gasteiger partial charge in [-0.25, -0.2) is 14.0 Å². The molecule has 3 aromatic rings. The quantitative estimate of drug-likeness (QED) is 0.232. The van der Waals surface area contributed by atoms with E-state index in [0.29, 0.717) is 39.4 Å². The van der Waals surface area contributed by atoms with Gasteiger partial charge in [0.15, 0.2) is 0 Å². The second-order valence-electron chi connectivity index (χ2n) is 10.1. The SMILES string of the molecule is CC(C)C(Nc1ccc(-c2ccc(Cl)cc2C(=O)O)cc1NC(=O)Nc1ccccc1F)C1CCCCC1. The smallest absolute Gasteiger partial charge is 0.336 e. The van der Waals surface area contributed by atoms with Crippen LogP contribution in [-0.2, 0) is 0 Å². The van der Waals surface area contributed by atoms with Gasteiger partial charge in [-0.15, -0.1) is 0 Å².